The van der Waals surface area contributed by atoms with Crippen LogP contribution in [0.2, 0.25) is 0 Å². The average Bonchev–Trinajstić information content (AvgIpc) is 2.84. The molecule has 1 aromatic heterocycles. The summed E-state index contributed by atoms with van der Waals surface area (Å²) in [6.07, 6.45) is 0. The van der Waals surface area contributed by atoms with Gasteiger partial charge < -0.3 is 10.6 Å². The van der Waals surface area contributed by atoms with Gasteiger partial charge >= 0.3 is 0 Å². The third-order valence-corrected chi connectivity index (χ3v) is 5.56. The zero-order valence-corrected chi connectivity index (χ0v) is 13.1. The van der Waals surface area contributed by atoms with Gasteiger partial charge in [0.2, 0.25) is 10.0 Å². The maximum atomic E-state index is 12.1. The summed E-state index contributed by atoms with van der Waals surface area (Å²) in [4.78, 5) is 12.3. The van der Waals surface area contributed by atoms with E-state index in [2.05, 4.69) is 10.6 Å². The van der Waals surface area contributed by atoms with E-state index in [1.807, 2.05) is 6.92 Å². The molecule has 2 N–H and O–H groups in total. The highest BCUT2D eigenvalue weighted by Gasteiger charge is 2.25. The van der Waals surface area contributed by atoms with Gasteiger partial charge in [-0.25, -0.2) is 12.7 Å². The van der Waals surface area contributed by atoms with E-state index in [-0.39, 0.29) is 21.7 Å². The highest BCUT2D eigenvalue weighted by atomic mass is 32.2. The number of hydrogen-bond donors (Lipinski definition) is 2. The van der Waals surface area contributed by atoms with Gasteiger partial charge in [-0.05, 0) is 25.4 Å². The van der Waals surface area contributed by atoms with E-state index < -0.39 is 10.0 Å². The zero-order chi connectivity index (χ0) is 14.6. The molecule has 1 heterocycles. The lowest BCUT2D eigenvalue weighted by Gasteiger charge is -2.13. The van der Waals surface area contributed by atoms with Gasteiger partial charge in [0, 0.05) is 26.7 Å². The largest absolute Gasteiger partial charge is 0.350 e. The molecule has 19 heavy (non-hydrogen) atoms. The third kappa shape index (κ3) is 3.75. The number of likely N-dealkylation sites (N-methyl/N-ethyl adjacent to an activating group) is 1. The zero-order valence-electron chi connectivity index (χ0n) is 11.4. The Labute approximate surface area is 117 Å². The molecule has 0 fully saturated rings. The predicted molar refractivity (Wildman–Crippen MR) is 76.0 cm³/mol. The minimum atomic E-state index is -3.59. The molecule has 0 aliphatic heterocycles. The first-order chi connectivity index (χ1) is 8.80. The van der Waals surface area contributed by atoms with Crippen molar-refractivity contribution in [3.8, 4) is 0 Å². The Kier molecular flexibility index (Phi) is 5.48. The summed E-state index contributed by atoms with van der Waals surface area (Å²) >= 11 is 1.12. The number of amides is 1. The summed E-state index contributed by atoms with van der Waals surface area (Å²) < 4.78 is 25.2. The third-order valence-electron chi connectivity index (χ3n) is 2.66. The van der Waals surface area contributed by atoms with Crippen LogP contribution in [-0.4, -0.2) is 52.4 Å². The number of thiophene rings is 1. The van der Waals surface area contributed by atoms with Crippen LogP contribution in [0.15, 0.2) is 16.3 Å². The van der Waals surface area contributed by atoms with Crippen molar-refractivity contribution in [2.75, 3.05) is 27.7 Å². The van der Waals surface area contributed by atoms with Crippen molar-refractivity contribution in [1.29, 1.82) is 0 Å². The summed E-state index contributed by atoms with van der Waals surface area (Å²) in [6, 6.07) is 1.58. The molecule has 0 bridgehead atoms. The van der Waals surface area contributed by atoms with Crippen LogP contribution in [-0.2, 0) is 10.0 Å². The van der Waals surface area contributed by atoms with Crippen molar-refractivity contribution in [2.45, 2.75) is 17.9 Å². The van der Waals surface area contributed by atoms with Gasteiger partial charge in [-0.2, -0.15) is 0 Å². The molecule has 0 radical (unpaired) electrons. The molecule has 1 atom stereocenters. The minimum absolute atomic E-state index is 0.0529. The Balaban J connectivity index is 2.92. The first-order valence-corrected chi connectivity index (χ1v) is 8.08. The number of rotatable bonds is 6. The molecule has 0 saturated carbocycles. The van der Waals surface area contributed by atoms with Gasteiger partial charge in [0.15, 0.2) is 0 Å². The summed E-state index contributed by atoms with van der Waals surface area (Å²) in [6.45, 7) is 2.36. The van der Waals surface area contributed by atoms with Crippen molar-refractivity contribution in [3.63, 3.8) is 0 Å². The van der Waals surface area contributed by atoms with Crippen LogP contribution < -0.4 is 10.6 Å². The molecular weight excluding hydrogens is 286 g/mol. The Morgan fingerprint density at radius 2 is 2.11 bits per heavy atom. The van der Waals surface area contributed by atoms with Gasteiger partial charge in [-0.1, -0.05) is 0 Å². The second-order valence-corrected chi connectivity index (χ2v) is 7.34. The second-order valence-electron chi connectivity index (χ2n) is 4.30. The van der Waals surface area contributed by atoms with E-state index in [1.165, 1.54) is 20.2 Å². The van der Waals surface area contributed by atoms with Gasteiger partial charge in [0.25, 0.3) is 5.91 Å². The SMILES string of the molecule is CNC(C)CNC(=O)c1sccc1S(=O)(=O)N(C)C. The van der Waals surface area contributed by atoms with E-state index in [9.17, 15) is 13.2 Å². The topological polar surface area (TPSA) is 78.5 Å². The molecule has 0 aliphatic rings. The van der Waals surface area contributed by atoms with E-state index in [0.717, 1.165) is 15.6 Å². The summed E-state index contributed by atoms with van der Waals surface area (Å²) in [5.74, 6) is -0.363. The van der Waals surface area contributed by atoms with Crippen LogP contribution >= 0.6 is 11.3 Å². The van der Waals surface area contributed by atoms with Gasteiger partial charge in [0.1, 0.15) is 9.77 Å². The molecule has 0 aromatic carbocycles. The van der Waals surface area contributed by atoms with Crippen LogP contribution in [0.5, 0.6) is 0 Å². The fourth-order valence-electron chi connectivity index (χ4n) is 1.29. The molecule has 1 aromatic rings. The second kappa shape index (κ2) is 6.47. The van der Waals surface area contributed by atoms with E-state index >= 15 is 0 Å². The van der Waals surface area contributed by atoms with E-state index in [0.29, 0.717) is 6.54 Å². The monoisotopic (exact) mass is 305 g/mol. The quantitative estimate of drug-likeness (QED) is 0.794. The number of hydrogen-bond acceptors (Lipinski definition) is 5. The van der Waals surface area contributed by atoms with E-state index in [1.54, 1.807) is 12.4 Å². The number of nitrogens with zero attached hydrogens (tertiary/aromatic N) is 1. The lowest BCUT2D eigenvalue weighted by atomic mass is 10.3. The molecule has 8 heteroatoms. The molecule has 1 unspecified atom stereocenters. The highest BCUT2D eigenvalue weighted by Crippen LogP contribution is 2.23. The van der Waals surface area contributed by atoms with Crippen molar-refractivity contribution in [2.24, 2.45) is 0 Å². The van der Waals surface area contributed by atoms with Crippen LogP contribution in [0.3, 0.4) is 0 Å². The Bertz CT molecular complexity index is 537. The Hall–Kier alpha value is -0.960. The van der Waals surface area contributed by atoms with Crippen molar-refractivity contribution in [3.05, 3.63) is 16.3 Å². The minimum Gasteiger partial charge on any atom is -0.350 e. The fraction of sp³-hybridized carbons (Fsp3) is 0.545. The average molecular weight is 305 g/mol. The number of nitrogens with one attached hydrogen (secondary N) is 2. The maximum absolute atomic E-state index is 12.1. The molecule has 108 valence electrons. The molecule has 6 nitrogen and oxygen atoms in total. The lowest BCUT2D eigenvalue weighted by Crippen LogP contribution is -2.37. The van der Waals surface area contributed by atoms with Gasteiger partial charge in [-0.3, -0.25) is 4.79 Å². The summed E-state index contributed by atoms with van der Waals surface area (Å²) in [5.41, 5.74) is 0. The standard InChI is InChI=1S/C11H19N3O3S2/c1-8(12-2)7-13-11(15)10-9(5-6-18-10)19(16,17)14(3)4/h5-6,8,12H,7H2,1-4H3,(H,13,15). The Morgan fingerprint density at radius 3 is 2.63 bits per heavy atom. The van der Waals surface area contributed by atoms with Gasteiger partial charge in [0.05, 0.1) is 0 Å². The molecular formula is C11H19N3O3S2. The number of carbonyl (C=O) groups is 1. The predicted octanol–water partition coefficient (Wildman–Crippen LogP) is 0.336. The molecule has 1 rings (SSSR count). The molecule has 0 spiro atoms. The highest BCUT2D eigenvalue weighted by molar-refractivity contribution is 7.89. The lowest BCUT2D eigenvalue weighted by molar-refractivity contribution is 0.0951. The van der Waals surface area contributed by atoms with Crippen LogP contribution in [0.4, 0.5) is 0 Å². The molecule has 0 aliphatic carbocycles. The van der Waals surface area contributed by atoms with Crippen molar-refractivity contribution >= 4 is 27.3 Å². The number of carbonyl (C=O) groups excluding carboxylic acids is 1. The van der Waals surface area contributed by atoms with Crippen LogP contribution in [0, 0.1) is 0 Å². The maximum Gasteiger partial charge on any atom is 0.262 e. The summed E-state index contributed by atoms with van der Waals surface area (Å²) in [5, 5.41) is 7.31. The number of sulfonamides is 1. The normalized spacial score (nSPS) is 13.5. The molecule has 1 amide bonds. The first kappa shape index (κ1) is 16.1. The van der Waals surface area contributed by atoms with Crippen molar-refractivity contribution < 1.29 is 13.2 Å². The Morgan fingerprint density at radius 1 is 1.47 bits per heavy atom. The summed E-state index contributed by atoms with van der Waals surface area (Å²) in [7, 11) is 1.09. The smallest absolute Gasteiger partial charge is 0.262 e. The van der Waals surface area contributed by atoms with Crippen LogP contribution in [0.25, 0.3) is 0 Å². The fourth-order valence-corrected chi connectivity index (χ4v) is 3.50. The molecule has 0 saturated heterocycles. The first-order valence-electron chi connectivity index (χ1n) is 5.76. The van der Waals surface area contributed by atoms with Gasteiger partial charge in [-0.15, -0.1) is 11.3 Å². The van der Waals surface area contributed by atoms with Crippen LogP contribution in [0.1, 0.15) is 16.6 Å². The van der Waals surface area contributed by atoms with E-state index in [4.69, 9.17) is 0 Å². The van der Waals surface area contributed by atoms with Crippen molar-refractivity contribution in [1.82, 2.24) is 14.9 Å².